The van der Waals surface area contributed by atoms with E-state index in [2.05, 4.69) is 0 Å². The number of amides is 1. The number of nitrogens with zero attached hydrogens (tertiary/aromatic N) is 2. The average Bonchev–Trinajstić information content (AvgIpc) is 2.87. The molecule has 0 spiro atoms. The largest absolute Gasteiger partial charge is 0.508 e. The number of hydrogen-bond donors (Lipinski definition) is 1. The number of sulfone groups is 1. The van der Waals surface area contributed by atoms with Crippen LogP contribution in [0.4, 0.5) is 0 Å². The van der Waals surface area contributed by atoms with Crippen molar-refractivity contribution in [3.63, 3.8) is 0 Å². The Bertz CT molecular complexity index is 674. The van der Waals surface area contributed by atoms with Crippen LogP contribution in [0, 0.1) is 0 Å². The number of likely N-dealkylation sites (N-methyl/N-ethyl adjacent to an activating group) is 2. The maximum atomic E-state index is 12.6. The molecule has 0 radical (unpaired) electrons. The van der Waals surface area contributed by atoms with Gasteiger partial charge in [-0.3, -0.25) is 9.69 Å². The Morgan fingerprint density at radius 2 is 2.00 bits per heavy atom. The van der Waals surface area contributed by atoms with E-state index in [0.29, 0.717) is 13.0 Å². The van der Waals surface area contributed by atoms with Crippen LogP contribution in [0.25, 0.3) is 0 Å². The first-order valence-electron chi connectivity index (χ1n) is 7.65. The van der Waals surface area contributed by atoms with Gasteiger partial charge >= 0.3 is 0 Å². The van der Waals surface area contributed by atoms with Crippen LogP contribution in [0.2, 0.25) is 0 Å². The smallest absolute Gasteiger partial charge is 0.239 e. The van der Waals surface area contributed by atoms with Gasteiger partial charge in [-0.1, -0.05) is 18.2 Å². The number of para-hydroxylation sites is 1. The van der Waals surface area contributed by atoms with Crippen LogP contribution >= 0.6 is 0 Å². The second-order valence-corrected chi connectivity index (χ2v) is 8.45. The summed E-state index contributed by atoms with van der Waals surface area (Å²) in [6.07, 6.45) is 0.500. The van der Waals surface area contributed by atoms with Gasteiger partial charge in [-0.05, 0) is 26.5 Å². The summed E-state index contributed by atoms with van der Waals surface area (Å²) >= 11 is 0. The van der Waals surface area contributed by atoms with E-state index in [1.54, 1.807) is 31.0 Å². The number of rotatable bonds is 5. The molecule has 1 aromatic carbocycles. The summed E-state index contributed by atoms with van der Waals surface area (Å²) in [6, 6.07) is 6.38. The molecular formula is C16H24N2O4S. The Labute approximate surface area is 137 Å². The van der Waals surface area contributed by atoms with Crippen molar-refractivity contribution in [3.05, 3.63) is 29.8 Å². The second-order valence-electron chi connectivity index (χ2n) is 6.23. The second kappa shape index (κ2) is 6.88. The molecule has 1 saturated heterocycles. The predicted molar refractivity (Wildman–Crippen MR) is 88.9 cm³/mol. The molecule has 0 aromatic heterocycles. The summed E-state index contributed by atoms with van der Waals surface area (Å²) in [5.41, 5.74) is 0.751. The highest BCUT2D eigenvalue weighted by molar-refractivity contribution is 7.91. The van der Waals surface area contributed by atoms with Crippen LogP contribution in [0.1, 0.15) is 18.9 Å². The molecule has 7 heteroatoms. The molecule has 1 amide bonds. The third-order valence-electron chi connectivity index (χ3n) is 4.53. The van der Waals surface area contributed by atoms with Crippen molar-refractivity contribution in [2.45, 2.75) is 32.0 Å². The van der Waals surface area contributed by atoms with Crippen molar-refractivity contribution in [3.8, 4) is 5.75 Å². The molecule has 0 bridgehead atoms. The summed E-state index contributed by atoms with van der Waals surface area (Å²) in [4.78, 5) is 16.0. The Hall–Kier alpha value is -1.60. The van der Waals surface area contributed by atoms with E-state index in [4.69, 9.17) is 0 Å². The predicted octanol–water partition coefficient (Wildman–Crippen LogP) is 0.858. The highest BCUT2D eigenvalue weighted by Crippen LogP contribution is 2.20. The molecule has 2 rings (SSSR count). The maximum absolute atomic E-state index is 12.6. The molecule has 1 heterocycles. The lowest BCUT2D eigenvalue weighted by atomic mass is 10.1. The van der Waals surface area contributed by atoms with Crippen LogP contribution in [-0.2, 0) is 21.2 Å². The molecule has 2 atom stereocenters. The fourth-order valence-electron chi connectivity index (χ4n) is 2.79. The van der Waals surface area contributed by atoms with Crippen molar-refractivity contribution >= 4 is 15.7 Å². The summed E-state index contributed by atoms with van der Waals surface area (Å²) in [5, 5.41) is 9.83. The van der Waals surface area contributed by atoms with Gasteiger partial charge in [0.2, 0.25) is 5.91 Å². The zero-order valence-corrected chi connectivity index (χ0v) is 14.6. The van der Waals surface area contributed by atoms with Gasteiger partial charge in [-0.2, -0.15) is 0 Å². The Balaban J connectivity index is 2.00. The molecule has 1 aliphatic heterocycles. The first kappa shape index (κ1) is 17.7. The van der Waals surface area contributed by atoms with Crippen molar-refractivity contribution < 1.29 is 18.3 Å². The summed E-state index contributed by atoms with van der Waals surface area (Å²) in [7, 11) is 0.464. The van der Waals surface area contributed by atoms with Crippen LogP contribution in [0.15, 0.2) is 24.3 Å². The number of carbonyl (C=O) groups excluding carboxylic acids is 1. The normalized spacial score (nSPS) is 21.3. The third kappa shape index (κ3) is 4.23. The van der Waals surface area contributed by atoms with E-state index in [-0.39, 0.29) is 29.2 Å². The molecule has 1 N–H and O–H groups in total. The fourth-order valence-corrected chi connectivity index (χ4v) is 4.57. The molecule has 0 aliphatic carbocycles. The average molecular weight is 340 g/mol. The van der Waals surface area contributed by atoms with Crippen LogP contribution in [-0.4, -0.2) is 66.9 Å². The molecule has 0 unspecified atom stereocenters. The highest BCUT2D eigenvalue weighted by Gasteiger charge is 2.34. The Morgan fingerprint density at radius 1 is 1.35 bits per heavy atom. The molecular weight excluding hydrogens is 316 g/mol. The number of phenols is 1. The van der Waals surface area contributed by atoms with E-state index < -0.39 is 15.9 Å². The monoisotopic (exact) mass is 340 g/mol. The zero-order valence-electron chi connectivity index (χ0n) is 13.8. The van der Waals surface area contributed by atoms with E-state index in [9.17, 15) is 18.3 Å². The minimum absolute atomic E-state index is 0.0468. The summed E-state index contributed by atoms with van der Waals surface area (Å²) in [6.45, 7) is 2.23. The lowest BCUT2D eigenvalue weighted by Gasteiger charge is -2.31. The first-order chi connectivity index (χ1) is 10.7. The fraction of sp³-hybridized carbons (Fsp3) is 0.562. The van der Waals surface area contributed by atoms with Gasteiger partial charge in [0.05, 0.1) is 17.5 Å². The zero-order chi connectivity index (χ0) is 17.2. The van der Waals surface area contributed by atoms with Crippen molar-refractivity contribution in [2.75, 3.05) is 25.6 Å². The van der Waals surface area contributed by atoms with E-state index >= 15 is 0 Å². The molecule has 1 fully saturated rings. The van der Waals surface area contributed by atoms with Gasteiger partial charge in [-0.15, -0.1) is 0 Å². The van der Waals surface area contributed by atoms with Gasteiger partial charge in [0, 0.05) is 25.2 Å². The molecule has 1 aliphatic rings. The minimum atomic E-state index is -3.01. The number of benzene rings is 1. The number of phenolic OH excluding ortho intramolecular Hbond substituents is 1. The summed E-state index contributed by atoms with van der Waals surface area (Å²) < 4.78 is 23.1. The summed E-state index contributed by atoms with van der Waals surface area (Å²) in [5.74, 6) is 0.294. The Kier molecular flexibility index (Phi) is 5.31. The minimum Gasteiger partial charge on any atom is -0.508 e. The molecule has 0 saturated carbocycles. The molecule has 1 aromatic rings. The SMILES string of the molecule is C[C@H](C(=O)N(C)[C@H]1CCS(=O)(=O)C1)N(C)Cc1ccccc1O. The van der Waals surface area contributed by atoms with Crippen molar-refractivity contribution in [2.24, 2.45) is 0 Å². The number of aromatic hydroxyl groups is 1. The highest BCUT2D eigenvalue weighted by atomic mass is 32.2. The van der Waals surface area contributed by atoms with Crippen LogP contribution < -0.4 is 0 Å². The van der Waals surface area contributed by atoms with Gasteiger partial charge in [0.15, 0.2) is 9.84 Å². The van der Waals surface area contributed by atoms with Gasteiger partial charge in [0.25, 0.3) is 0 Å². The van der Waals surface area contributed by atoms with E-state index in [1.165, 1.54) is 0 Å². The van der Waals surface area contributed by atoms with Crippen LogP contribution in [0.5, 0.6) is 5.75 Å². The van der Waals surface area contributed by atoms with E-state index in [0.717, 1.165) is 5.56 Å². The quantitative estimate of drug-likeness (QED) is 0.860. The number of carbonyl (C=O) groups is 1. The molecule has 23 heavy (non-hydrogen) atoms. The Morgan fingerprint density at radius 3 is 2.57 bits per heavy atom. The lowest BCUT2D eigenvalue weighted by molar-refractivity contribution is -0.136. The third-order valence-corrected chi connectivity index (χ3v) is 6.28. The van der Waals surface area contributed by atoms with Gasteiger partial charge in [-0.25, -0.2) is 8.42 Å². The van der Waals surface area contributed by atoms with E-state index in [1.807, 2.05) is 24.1 Å². The molecule has 128 valence electrons. The van der Waals surface area contributed by atoms with Crippen molar-refractivity contribution in [1.29, 1.82) is 0 Å². The van der Waals surface area contributed by atoms with Gasteiger partial charge in [0.1, 0.15) is 5.75 Å². The number of hydrogen-bond acceptors (Lipinski definition) is 5. The van der Waals surface area contributed by atoms with Gasteiger partial charge < -0.3 is 10.0 Å². The standard InChI is InChI=1S/C16H24N2O4S/c1-12(17(2)10-13-6-4-5-7-15(13)19)16(20)18(3)14-8-9-23(21,22)11-14/h4-7,12,14,19H,8-11H2,1-3H3/t12-,14+/m1/s1. The lowest BCUT2D eigenvalue weighted by Crippen LogP contribution is -2.48. The molecule has 6 nitrogen and oxygen atoms in total. The maximum Gasteiger partial charge on any atom is 0.239 e. The van der Waals surface area contributed by atoms with Crippen LogP contribution in [0.3, 0.4) is 0 Å². The van der Waals surface area contributed by atoms with Crippen molar-refractivity contribution in [1.82, 2.24) is 9.80 Å². The topological polar surface area (TPSA) is 77.9 Å². The first-order valence-corrected chi connectivity index (χ1v) is 9.47.